The Morgan fingerprint density at radius 1 is 1.32 bits per heavy atom. The van der Waals surface area contributed by atoms with Crippen LogP contribution in [0.3, 0.4) is 0 Å². The van der Waals surface area contributed by atoms with Crippen molar-refractivity contribution in [1.82, 2.24) is 0 Å². The molecule has 0 aromatic heterocycles. The molecule has 0 aliphatic carbocycles. The highest BCUT2D eigenvalue weighted by Crippen LogP contribution is 2.36. The number of ether oxygens (including phenoxy) is 2. The zero-order valence-corrected chi connectivity index (χ0v) is 13.0. The fourth-order valence-electron chi connectivity index (χ4n) is 3.12. The first-order chi connectivity index (χ1) is 12.1. The molecule has 2 aromatic carbocycles. The van der Waals surface area contributed by atoms with Gasteiger partial charge in [-0.25, -0.2) is 4.39 Å². The number of amides is 1. The van der Waals surface area contributed by atoms with Gasteiger partial charge in [-0.3, -0.25) is 4.79 Å². The number of carbonyl (C=O) groups is 1. The number of halogens is 1. The van der Waals surface area contributed by atoms with Crippen LogP contribution in [0.15, 0.2) is 35.5 Å². The molecule has 0 spiro atoms. The Morgan fingerprint density at radius 2 is 2.16 bits per heavy atom. The summed E-state index contributed by atoms with van der Waals surface area (Å²) in [6, 6.07) is 7.50. The Labute approximate surface area is 142 Å². The molecule has 0 saturated heterocycles. The third kappa shape index (κ3) is 2.47. The fraction of sp³-hybridized carbons (Fsp3) is 0.176. The fourth-order valence-corrected chi connectivity index (χ4v) is 3.12. The summed E-state index contributed by atoms with van der Waals surface area (Å²) in [5, 5.41) is 12.3. The van der Waals surface area contributed by atoms with Crippen LogP contribution in [0, 0.1) is 5.82 Å². The first kappa shape index (κ1) is 15.4. The Morgan fingerprint density at radius 3 is 2.96 bits per heavy atom. The van der Waals surface area contributed by atoms with Crippen molar-refractivity contribution in [2.75, 3.05) is 17.4 Å². The van der Waals surface area contributed by atoms with Crippen LogP contribution < -0.4 is 15.4 Å². The van der Waals surface area contributed by atoms with Gasteiger partial charge in [-0.15, -0.1) is 0 Å². The van der Waals surface area contributed by atoms with Gasteiger partial charge in [0.25, 0.3) is 5.91 Å². The van der Waals surface area contributed by atoms with E-state index in [1.54, 1.807) is 18.2 Å². The standard InChI is InChI=1S/C17H14FN3O4/c18-11-3-9(16-10(4-11)7-24-8-25-16)6-21-14-5-12(19)1-2-13(14)15(20-23)17(21)22/h1-5,23H,6-8,19H2/b20-15-. The molecule has 25 heavy (non-hydrogen) atoms. The van der Waals surface area contributed by atoms with Gasteiger partial charge in [-0.05, 0) is 30.3 Å². The van der Waals surface area contributed by atoms with E-state index >= 15 is 0 Å². The quantitative estimate of drug-likeness (QED) is 0.494. The zero-order chi connectivity index (χ0) is 17.6. The molecule has 0 unspecified atom stereocenters. The highest BCUT2D eigenvalue weighted by Gasteiger charge is 2.35. The summed E-state index contributed by atoms with van der Waals surface area (Å²) in [7, 11) is 0. The molecule has 3 N–H and O–H groups in total. The maximum absolute atomic E-state index is 13.9. The molecule has 7 nitrogen and oxygen atoms in total. The Kier molecular flexibility index (Phi) is 3.54. The van der Waals surface area contributed by atoms with Gasteiger partial charge in [0, 0.05) is 22.4 Å². The average molecular weight is 343 g/mol. The Hall–Kier alpha value is -3.13. The molecule has 0 atom stereocenters. The van der Waals surface area contributed by atoms with Crippen molar-refractivity contribution in [2.24, 2.45) is 5.16 Å². The van der Waals surface area contributed by atoms with E-state index in [4.69, 9.17) is 15.2 Å². The molecule has 2 aliphatic heterocycles. The van der Waals surface area contributed by atoms with Crippen molar-refractivity contribution >= 4 is 23.0 Å². The molecule has 0 fully saturated rings. The molecule has 4 rings (SSSR count). The number of nitrogens with two attached hydrogens (primary N) is 1. The van der Waals surface area contributed by atoms with Gasteiger partial charge < -0.3 is 25.3 Å². The smallest absolute Gasteiger partial charge is 0.281 e. The minimum atomic E-state index is -0.492. The summed E-state index contributed by atoms with van der Waals surface area (Å²) >= 11 is 0. The summed E-state index contributed by atoms with van der Waals surface area (Å²) in [5.74, 6) is -0.438. The van der Waals surface area contributed by atoms with E-state index < -0.39 is 11.7 Å². The molecule has 128 valence electrons. The number of benzene rings is 2. The number of oxime groups is 1. The maximum Gasteiger partial charge on any atom is 0.281 e. The minimum Gasteiger partial charge on any atom is -0.467 e. The van der Waals surface area contributed by atoms with E-state index in [0.717, 1.165) is 0 Å². The normalized spacial score (nSPS) is 17.4. The second-order valence-electron chi connectivity index (χ2n) is 5.78. The number of nitrogens with zero attached hydrogens (tertiary/aromatic N) is 2. The van der Waals surface area contributed by atoms with Crippen LogP contribution in [0.5, 0.6) is 5.75 Å². The summed E-state index contributed by atoms with van der Waals surface area (Å²) in [6.07, 6.45) is 0. The van der Waals surface area contributed by atoms with Crippen molar-refractivity contribution < 1.29 is 23.9 Å². The second-order valence-corrected chi connectivity index (χ2v) is 5.78. The van der Waals surface area contributed by atoms with Gasteiger partial charge in [-0.1, -0.05) is 5.16 Å². The predicted octanol–water partition coefficient (Wildman–Crippen LogP) is 2.00. The molecule has 2 aliphatic rings. The van der Waals surface area contributed by atoms with Crippen molar-refractivity contribution in [3.05, 3.63) is 52.8 Å². The van der Waals surface area contributed by atoms with E-state index in [1.165, 1.54) is 17.0 Å². The summed E-state index contributed by atoms with van der Waals surface area (Å²) in [4.78, 5) is 14.0. The van der Waals surface area contributed by atoms with Crippen molar-refractivity contribution in [3.8, 4) is 5.75 Å². The highest BCUT2D eigenvalue weighted by atomic mass is 19.1. The third-order valence-corrected chi connectivity index (χ3v) is 4.20. The highest BCUT2D eigenvalue weighted by molar-refractivity contribution is 6.54. The number of nitrogen functional groups attached to an aromatic ring is 1. The van der Waals surface area contributed by atoms with Crippen LogP contribution in [0.2, 0.25) is 0 Å². The molecular formula is C17H14FN3O4. The average Bonchev–Trinajstić information content (AvgIpc) is 2.85. The van der Waals surface area contributed by atoms with E-state index in [-0.39, 0.29) is 25.7 Å². The summed E-state index contributed by atoms with van der Waals surface area (Å²) in [5.41, 5.74) is 8.24. The molecule has 2 heterocycles. The molecule has 0 saturated carbocycles. The van der Waals surface area contributed by atoms with Gasteiger partial charge >= 0.3 is 0 Å². The first-order valence-electron chi connectivity index (χ1n) is 7.54. The number of anilines is 2. The van der Waals surface area contributed by atoms with E-state index in [9.17, 15) is 14.4 Å². The van der Waals surface area contributed by atoms with Gasteiger partial charge in [0.15, 0.2) is 12.5 Å². The van der Waals surface area contributed by atoms with Crippen LogP contribution >= 0.6 is 0 Å². The minimum absolute atomic E-state index is 0.0500. The number of fused-ring (bicyclic) bond motifs is 2. The third-order valence-electron chi connectivity index (χ3n) is 4.20. The molecule has 8 heteroatoms. The lowest BCUT2D eigenvalue weighted by Crippen LogP contribution is -2.30. The molecule has 2 aromatic rings. The number of rotatable bonds is 2. The maximum atomic E-state index is 13.9. The number of hydrogen-bond donors (Lipinski definition) is 2. The lowest BCUT2D eigenvalue weighted by molar-refractivity contribution is -0.112. The molecule has 1 amide bonds. The van der Waals surface area contributed by atoms with Crippen LogP contribution in [0.1, 0.15) is 16.7 Å². The van der Waals surface area contributed by atoms with Crippen molar-refractivity contribution in [2.45, 2.75) is 13.2 Å². The van der Waals surface area contributed by atoms with E-state index in [2.05, 4.69) is 5.16 Å². The summed E-state index contributed by atoms with van der Waals surface area (Å²) in [6.45, 7) is 0.349. The predicted molar refractivity (Wildman–Crippen MR) is 87.1 cm³/mol. The molecular weight excluding hydrogens is 329 g/mol. The van der Waals surface area contributed by atoms with Crippen LogP contribution in [-0.2, 0) is 22.7 Å². The second kappa shape index (κ2) is 5.75. The lowest BCUT2D eigenvalue weighted by atomic mass is 10.1. The Bertz CT molecular complexity index is 913. The lowest BCUT2D eigenvalue weighted by Gasteiger charge is -2.24. The summed E-state index contributed by atoms with van der Waals surface area (Å²) < 4.78 is 24.6. The first-order valence-corrected chi connectivity index (χ1v) is 7.54. The van der Waals surface area contributed by atoms with E-state index in [1.807, 2.05) is 0 Å². The number of carbonyl (C=O) groups excluding carboxylic acids is 1. The largest absolute Gasteiger partial charge is 0.467 e. The number of hydrogen-bond acceptors (Lipinski definition) is 6. The van der Waals surface area contributed by atoms with Crippen LogP contribution in [-0.4, -0.2) is 23.6 Å². The van der Waals surface area contributed by atoms with Gasteiger partial charge in [0.1, 0.15) is 11.6 Å². The van der Waals surface area contributed by atoms with E-state index in [0.29, 0.717) is 33.8 Å². The van der Waals surface area contributed by atoms with Crippen LogP contribution in [0.25, 0.3) is 0 Å². The van der Waals surface area contributed by atoms with Crippen LogP contribution in [0.4, 0.5) is 15.8 Å². The molecule has 0 bridgehead atoms. The molecule has 0 radical (unpaired) electrons. The Balaban J connectivity index is 1.79. The van der Waals surface area contributed by atoms with Gasteiger partial charge in [0.05, 0.1) is 18.8 Å². The monoisotopic (exact) mass is 343 g/mol. The van der Waals surface area contributed by atoms with Crippen molar-refractivity contribution in [1.29, 1.82) is 0 Å². The zero-order valence-electron chi connectivity index (χ0n) is 13.0. The van der Waals surface area contributed by atoms with Gasteiger partial charge in [-0.2, -0.15) is 0 Å². The van der Waals surface area contributed by atoms with Crippen molar-refractivity contribution in [3.63, 3.8) is 0 Å². The topological polar surface area (TPSA) is 97.4 Å². The van der Waals surface area contributed by atoms with Gasteiger partial charge in [0.2, 0.25) is 0 Å². The SMILES string of the molecule is Nc1ccc2c(c1)N(Cc1cc(F)cc3c1OCOC3)C(=O)/C2=N\O.